The Labute approximate surface area is 192 Å². The van der Waals surface area contributed by atoms with Gasteiger partial charge in [-0.3, -0.25) is 20.0 Å². The van der Waals surface area contributed by atoms with E-state index in [1.807, 2.05) is 6.07 Å². The molecule has 6 rings (SSSR count). The van der Waals surface area contributed by atoms with E-state index in [0.29, 0.717) is 33.8 Å². The second kappa shape index (κ2) is 7.17. The lowest BCUT2D eigenvalue weighted by molar-refractivity contribution is -0.125. The highest BCUT2D eigenvalue weighted by atomic mass is 16.5. The number of furan rings is 1. The van der Waals surface area contributed by atoms with Crippen LogP contribution in [0.5, 0.6) is 5.75 Å². The number of carbonyl (C=O) groups excluding carboxylic acids is 3. The zero-order valence-corrected chi connectivity index (χ0v) is 17.9. The number of benzene rings is 1. The van der Waals surface area contributed by atoms with Crippen LogP contribution in [0.15, 0.2) is 53.1 Å². The SMILES string of the molecule is COc1ccc2c(c1)C(=O)N(C[C@@]1(c3cc4nc(-c5cc[nH]n5)ccc4o3)NC(=O)NC1=O)C2. The molecule has 2 aliphatic heterocycles. The number of amides is 4. The molecule has 0 unspecified atom stereocenters. The molecule has 0 bridgehead atoms. The minimum Gasteiger partial charge on any atom is -0.497 e. The van der Waals surface area contributed by atoms with Crippen molar-refractivity contribution in [3.8, 4) is 17.1 Å². The van der Waals surface area contributed by atoms with E-state index in [4.69, 9.17) is 9.15 Å². The number of ether oxygens (including phenoxy) is 1. The molecule has 1 fully saturated rings. The Morgan fingerprint density at radius 1 is 1.12 bits per heavy atom. The van der Waals surface area contributed by atoms with Gasteiger partial charge in [-0.25, -0.2) is 9.78 Å². The lowest BCUT2D eigenvalue weighted by atomic mass is 9.95. The maximum Gasteiger partial charge on any atom is 0.322 e. The molecular weight excluding hydrogens is 440 g/mol. The number of methoxy groups -OCH3 is 1. The van der Waals surface area contributed by atoms with E-state index < -0.39 is 17.5 Å². The van der Waals surface area contributed by atoms with E-state index in [0.717, 1.165) is 5.56 Å². The van der Waals surface area contributed by atoms with E-state index in [2.05, 4.69) is 25.8 Å². The second-order valence-corrected chi connectivity index (χ2v) is 8.15. The summed E-state index contributed by atoms with van der Waals surface area (Å²) in [6.45, 7) is 0.164. The number of aromatic amines is 1. The third-order valence-corrected chi connectivity index (χ3v) is 6.12. The van der Waals surface area contributed by atoms with Crippen LogP contribution in [0, 0.1) is 0 Å². The summed E-state index contributed by atoms with van der Waals surface area (Å²) >= 11 is 0. The molecule has 3 aromatic heterocycles. The number of pyridine rings is 1. The van der Waals surface area contributed by atoms with Crippen molar-refractivity contribution in [3.63, 3.8) is 0 Å². The number of H-pyrrole nitrogens is 1. The first-order valence-electron chi connectivity index (χ1n) is 10.5. The maximum atomic E-state index is 13.1. The Hall–Kier alpha value is -4.67. The third kappa shape index (κ3) is 2.94. The number of rotatable bonds is 5. The van der Waals surface area contributed by atoms with Crippen LogP contribution in [0.2, 0.25) is 0 Å². The Bertz CT molecular complexity index is 1480. The number of nitrogens with zero attached hydrogens (tertiary/aromatic N) is 3. The highest BCUT2D eigenvalue weighted by Gasteiger charge is 2.53. The molecule has 4 amide bonds. The van der Waals surface area contributed by atoms with Crippen LogP contribution in [-0.2, 0) is 16.9 Å². The number of hydrogen-bond donors (Lipinski definition) is 3. The summed E-state index contributed by atoms with van der Waals surface area (Å²) in [5.41, 5.74) is 1.89. The number of nitrogens with one attached hydrogen (secondary N) is 3. The molecule has 2 aliphatic rings. The van der Waals surface area contributed by atoms with Crippen LogP contribution in [0.1, 0.15) is 21.7 Å². The molecule has 1 saturated heterocycles. The molecule has 4 aromatic rings. The molecule has 0 aliphatic carbocycles. The summed E-state index contributed by atoms with van der Waals surface area (Å²) in [6, 6.07) is 11.5. The maximum absolute atomic E-state index is 13.1. The largest absolute Gasteiger partial charge is 0.497 e. The fourth-order valence-electron chi connectivity index (χ4n) is 4.42. The van der Waals surface area contributed by atoms with Gasteiger partial charge in [-0.1, -0.05) is 6.07 Å². The normalized spacial score (nSPS) is 19.4. The number of aromatic nitrogens is 3. The van der Waals surface area contributed by atoms with Gasteiger partial charge in [0.1, 0.15) is 22.7 Å². The number of imide groups is 1. The lowest BCUT2D eigenvalue weighted by Gasteiger charge is -2.28. The molecular formula is C23H18N6O5. The van der Waals surface area contributed by atoms with Gasteiger partial charge in [-0.15, -0.1) is 0 Å². The van der Waals surface area contributed by atoms with Crippen molar-refractivity contribution < 1.29 is 23.5 Å². The number of urea groups is 1. The van der Waals surface area contributed by atoms with Gasteiger partial charge in [0.15, 0.2) is 11.1 Å². The van der Waals surface area contributed by atoms with Crippen molar-refractivity contribution in [2.24, 2.45) is 0 Å². The van der Waals surface area contributed by atoms with Gasteiger partial charge in [-0.2, -0.15) is 5.10 Å². The first kappa shape index (κ1) is 20.0. The van der Waals surface area contributed by atoms with E-state index in [1.54, 1.807) is 42.6 Å². The minimum atomic E-state index is -1.61. The molecule has 11 nitrogen and oxygen atoms in total. The minimum absolute atomic E-state index is 0.119. The van der Waals surface area contributed by atoms with Crippen LogP contribution in [0.25, 0.3) is 22.5 Å². The van der Waals surface area contributed by atoms with Crippen LogP contribution in [-0.4, -0.2) is 51.6 Å². The van der Waals surface area contributed by atoms with Crippen LogP contribution in [0.3, 0.4) is 0 Å². The fraction of sp³-hybridized carbons (Fsp3) is 0.174. The Kier molecular flexibility index (Phi) is 4.21. The summed E-state index contributed by atoms with van der Waals surface area (Å²) in [6.07, 6.45) is 1.69. The fourth-order valence-corrected chi connectivity index (χ4v) is 4.42. The summed E-state index contributed by atoms with van der Waals surface area (Å²) in [7, 11) is 1.53. The number of carbonyl (C=O) groups is 3. The highest BCUT2D eigenvalue weighted by molar-refractivity contribution is 6.08. The van der Waals surface area contributed by atoms with E-state index in [9.17, 15) is 14.4 Å². The Morgan fingerprint density at radius 3 is 2.74 bits per heavy atom. The predicted octanol–water partition coefficient (Wildman–Crippen LogP) is 1.92. The van der Waals surface area contributed by atoms with Gasteiger partial charge in [0.2, 0.25) is 0 Å². The van der Waals surface area contributed by atoms with Gasteiger partial charge < -0.3 is 19.4 Å². The van der Waals surface area contributed by atoms with Gasteiger partial charge in [0, 0.05) is 24.4 Å². The summed E-state index contributed by atoms with van der Waals surface area (Å²) in [5.74, 6) is -0.131. The quantitative estimate of drug-likeness (QED) is 0.388. The Morgan fingerprint density at radius 2 is 2.00 bits per heavy atom. The average molecular weight is 458 g/mol. The highest BCUT2D eigenvalue weighted by Crippen LogP contribution is 2.35. The van der Waals surface area contributed by atoms with E-state index >= 15 is 0 Å². The lowest BCUT2D eigenvalue weighted by Crippen LogP contribution is -2.52. The van der Waals surface area contributed by atoms with Gasteiger partial charge >= 0.3 is 6.03 Å². The molecule has 0 radical (unpaired) electrons. The Balaban J connectivity index is 1.39. The van der Waals surface area contributed by atoms with Crippen molar-refractivity contribution in [1.29, 1.82) is 0 Å². The van der Waals surface area contributed by atoms with E-state index in [-0.39, 0.29) is 24.8 Å². The van der Waals surface area contributed by atoms with Crippen LogP contribution >= 0.6 is 0 Å². The van der Waals surface area contributed by atoms with Crippen molar-refractivity contribution in [2.75, 3.05) is 13.7 Å². The monoisotopic (exact) mass is 458 g/mol. The first-order chi connectivity index (χ1) is 16.5. The zero-order valence-electron chi connectivity index (χ0n) is 17.9. The molecule has 1 aromatic carbocycles. The smallest absolute Gasteiger partial charge is 0.322 e. The average Bonchev–Trinajstić information content (AvgIpc) is 3.61. The summed E-state index contributed by atoms with van der Waals surface area (Å²) in [5, 5.41) is 11.8. The molecule has 3 N–H and O–H groups in total. The molecule has 1 atom stereocenters. The second-order valence-electron chi connectivity index (χ2n) is 8.15. The predicted molar refractivity (Wildman–Crippen MR) is 118 cm³/mol. The first-order valence-corrected chi connectivity index (χ1v) is 10.5. The molecule has 0 saturated carbocycles. The van der Waals surface area contributed by atoms with Gasteiger partial charge in [-0.05, 0) is 35.9 Å². The summed E-state index contributed by atoms with van der Waals surface area (Å²) in [4.78, 5) is 44.5. The molecule has 0 spiro atoms. The molecule has 5 heterocycles. The molecule has 34 heavy (non-hydrogen) atoms. The number of fused-ring (bicyclic) bond motifs is 2. The van der Waals surface area contributed by atoms with Gasteiger partial charge in [0.25, 0.3) is 11.8 Å². The van der Waals surface area contributed by atoms with Gasteiger partial charge in [0.05, 0.1) is 19.3 Å². The molecule has 11 heteroatoms. The summed E-state index contributed by atoms with van der Waals surface area (Å²) < 4.78 is 11.2. The van der Waals surface area contributed by atoms with Crippen molar-refractivity contribution in [2.45, 2.75) is 12.1 Å². The van der Waals surface area contributed by atoms with Crippen LogP contribution in [0.4, 0.5) is 4.79 Å². The topological polar surface area (TPSA) is 142 Å². The standard InChI is InChI=1S/C23H18N6O5/c1-33-13-3-2-12-10-29(20(30)14(12)8-13)11-23(21(31)26-22(32)27-23)19-9-17-18(34-19)5-4-15(25-17)16-6-7-24-28-16/h2-9H,10-11H2,1H3,(H,24,28)(H2,26,27,31,32)/t23-/m0/s1. The van der Waals surface area contributed by atoms with E-state index in [1.165, 1.54) is 12.0 Å². The van der Waals surface area contributed by atoms with Crippen molar-refractivity contribution in [3.05, 3.63) is 65.5 Å². The molecule has 170 valence electrons. The van der Waals surface area contributed by atoms with Crippen molar-refractivity contribution in [1.82, 2.24) is 30.7 Å². The van der Waals surface area contributed by atoms with Crippen molar-refractivity contribution >= 4 is 28.9 Å². The zero-order chi connectivity index (χ0) is 23.4. The number of hydrogen-bond acceptors (Lipinski definition) is 7. The van der Waals surface area contributed by atoms with Crippen LogP contribution < -0.4 is 15.4 Å². The third-order valence-electron chi connectivity index (χ3n) is 6.12.